The molecular formula is C34H51NO7. The Morgan fingerprint density at radius 1 is 0.976 bits per heavy atom. The lowest BCUT2D eigenvalue weighted by Gasteiger charge is -2.47. The summed E-state index contributed by atoms with van der Waals surface area (Å²) in [5.74, 6) is 3.94. The highest BCUT2D eigenvalue weighted by atomic mass is 16.6. The number of cyclic esters (lactones) is 1. The van der Waals surface area contributed by atoms with Crippen LogP contribution in [-0.2, 0) is 33.3 Å². The quantitative estimate of drug-likeness (QED) is 0.217. The van der Waals surface area contributed by atoms with E-state index in [0.29, 0.717) is 25.7 Å². The van der Waals surface area contributed by atoms with Crippen molar-refractivity contribution >= 4 is 11.9 Å². The third-order valence-electron chi connectivity index (χ3n) is 13.8. The van der Waals surface area contributed by atoms with Crippen LogP contribution in [0, 0.1) is 65.1 Å². The molecule has 8 heteroatoms. The van der Waals surface area contributed by atoms with Gasteiger partial charge in [0.15, 0.2) is 0 Å². The van der Waals surface area contributed by atoms with Crippen LogP contribution in [0.1, 0.15) is 65.7 Å². The number of nitrogens with zero attached hydrogens (tertiary/aromatic N) is 1. The Morgan fingerprint density at radius 2 is 1.76 bits per heavy atom. The van der Waals surface area contributed by atoms with Gasteiger partial charge in [-0.2, -0.15) is 0 Å². The molecule has 0 aromatic carbocycles. The van der Waals surface area contributed by atoms with E-state index in [1.165, 1.54) is 25.7 Å². The molecule has 2 saturated heterocycles. The van der Waals surface area contributed by atoms with Crippen molar-refractivity contribution in [3.8, 4) is 0 Å². The van der Waals surface area contributed by atoms with Crippen molar-refractivity contribution in [2.45, 2.75) is 83.0 Å². The van der Waals surface area contributed by atoms with E-state index in [-0.39, 0.29) is 47.3 Å². The lowest BCUT2D eigenvalue weighted by Crippen LogP contribution is -2.52. The van der Waals surface area contributed by atoms with Crippen LogP contribution in [0.15, 0.2) is 0 Å². The van der Waals surface area contributed by atoms with Gasteiger partial charge in [0.2, 0.25) is 0 Å². The number of fused-ring (bicyclic) bond motifs is 14. The maximum atomic E-state index is 14.4. The van der Waals surface area contributed by atoms with Crippen LogP contribution >= 0.6 is 0 Å². The van der Waals surface area contributed by atoms with Crippen LogP contribution in [-0.4, -0.2) is 86.8 Å². The monoisotopic (exact) mass is 585 g/mol. The highest BCUT2D eigenvalue weighted by Gasteiger charge is 2.72. The topological polar surface area (TPSA) is 83.5 Å². The zero-order chi connectivity index (χ0) is 28.8. The number of carbonyl (C=O) groups excluding carboxylic acids is 2. The first kappa shape index (κ1) is 28.3. The minimum atomic E-state index is -0.529. The minimum Gasteiger partial charge on any atom is -0.459 e. The van der Waals surface area contributed by atoms with Gasteiger partial charge in [-0.05, 0) is 100 Å². The Bertz CT molecular complexity index is 1070. The van der Waals surface area contributed by atoms with E-state index in [0.717, 1.165) is 81.7 Å². The van der Waals surface area contributed by atoms with E-state index in [1.54, 1.807) is 0 Å². The van der Waals surface area contributed by atoms with Crippen molar-refractivity contribution in [1.29, 1.82) is 0 Å². The first-order valence-corrected chi connectivity index (χ1v) is 17.3. The van der Waals surface area contributed by atoms with Crippen LogP contribution in [0.3, 0.4) is 0 Å². The molecule has 8 rings (SSSR count). The molecule has 8 aliphatic rings. The van der Waals surface area contributed by atoms with Gasteiger partial charge in [-0.3, -0.25) is 14.5 Å². The van der Waals surface area contributed by atoms with Crippen LogP contribution in [0.5, 0.6) is 0 Å². The van der Waals surface area contributed by atoms with Crippen molar-refractivity contribution in [3.05, 3.63) is 0 Å². The van der Waals surface area contributed by atoms with E-state index in [4.69, 9.17) is 23.7 Å². The summed E-state index contributed by atoms with van der Waals surface area (Å²) in [6, 6.07) is 0. The van der Waals surface area contributed by atoms with Crippen LogP contribution in [0.25, 0.3) is 0 Å². The molecule has 0 N–H and O–H groups in total. The van der Waals surface area contributed by atoms with Crippen molar-refractivity contribution < 1.29 is 33.3 Å². The summed E-state index contributed by atoms with van der Waals surface area (Å²) in [6.45, 7) is 12.3. The number of esters is 2. The summed E-state index contributed by atoms with van der Waals surface area (Å²) >= 11 is 0. The van der Waals surface area contributed by atoms with Gasteiger partial charge >= 0.3 is 11.9 Å². The van der Waals surface area contributed by atoms with E-state index in [2.05, 4.69) is 11.8 Å². The number of rotatable bonds is 10. The smallest absolute Gasteiger partial charge is 0.312 e. The average Bonchev–Trinajstić information content (AvgIpc) is 3.82. The Morgan fingerprint density at radius 3 is 2.55 bits per heavy atom. The van der Waals surface area contributed by atoms with Crippen LogP contribution in [0.2, 0.25) is 0 Å². The second-order valence-electron chi connectivity index (χ2n) is 15.7. The van der Waals surface area contributed by atoms with Crippen molar-refractivity contribution in [2.75, 3.05) is 52.7 Å². The molecule has 13 atom stereocenters. The molecule has 0 amide bonds. The fourth-order valence-corrected chi connectivity index (χ4v) is 12.5. The summed E-state index contributed by atoms with van der Waals surface area (Å²) in [5, 5.41) is 0. The molecule has 234 valence electrons. The molecular weight excluding hydrogens is 534 g/mol. The number of ether oxygens (including phenoxy) is 5. The zero-order valence-corrected chi connectivity index (χ0v) is 25.8. The number of hydrogen-bond donors (Lipinski definition) is 0. The molecule has 13 unspecified atom stereocenters. The summed E-state index contributed by atoms with van der Waals surface area (Å²) in [5.41, 5.74) is -0.865. The Labute approximate surface area is 250 Å². The Hall–Kier alpha value is -1.22. The largest absolute Gasteiger partial charge is 0.459 e. The number of hydrogen-bond acceptors (Lipinski definition) is 8. The van der Waals surface area contributed by atoms with Crippen molar-refractivity contribution in [2.24, 2.45) is 65.1 Å². The third-order valence-corrected chi connectivity index (χ3v) is 13.8. The van der Waals surface area contributed by atoms with Gasteiger partial charge in [-0.15, -0.1) is 0 Å². The molecule has 2 heterocycles. The first-order valence-electron chi connectivity index (χ1n) is 17.3. The summed E-state index contributed by atoms with van der Waals surface area (Å²) in [6.07, 6.45) is 7.98. The standard InChI is InChI=1S/C34H51NO7/c1-4-34(18-21-16-24(34)26-20-6-5-19(15-20)25(21)26)42-32(37)28-22-17-23(29-27(22)31(36)41-33(29,2)3)30(28)40-14-13-39-12-9-35-7-10-38-11-8-35/h19-30H,4-18H2,1-3H3. The second-order valence-corrected chi connectivity index (χ2v) is 15.7. The van der Waals surface area contributed by atoms with Gasteiger partial charge in [-0.25, -0.2) is 0 Å². The lowest BCUT2D eigenvalue weighted by atomic mass is 9.65. The minimum absolute atomic E-state index is 0.0586. The van der Waals surface area contributed by atoms with Gasteiger partial charge in [0.05, 0.1) is 51.0 Å². The molecule has 6 aliphatic carbocycles. The molecule has 0 aromatic rings. The van der Waals surface area contributed by atoms with Gasteiger partial charge in [0.25, 0.3) is 0 Å². The maximum absolute atomic E-state index is 14.4. The van der Waals surface area contributed by atoms with Gasteiger partial charge in [-0.1, -0.05) is 6.92 Å². The van der Waals surface area contributed by atoms with E-state index >= 15 is 0 Å². The van der Waals surface area contributed by atoms with E-state index in [1.807, 2.05) is 13.8 Å². The number of morpholine rings is 1. The normalized spacial score (nSPS) is 49.5. The molecule has 0 spiro atoms. The van der Waals surface area contributed by atoms with Gasteiger partial charge in [0.1, 0.15) is 11.2 Å². The van der Waals surface area contributed by atoms with E-state index in [9.17, 15) is 9.59 Å². The zero-order valence-electron chi connectivity index (χ0n) is 25.8. The highest BCUT2D eigenvalue weighted by molar-refractivity contribution is 5.81. The molecule has 42 heavy (non-hydrogen) atoms. The third kappa shape index (κ3) is 4.20. The van der Waals surface area contributed by atoms with Crippen molar-refractivity contribution in [1.82, 2.24) is 4.90 Å². The predicted octanol–water partition coefficient (Wildman–Crippen LogP) is 3.95. The first-order chi connectivity index (χ1) is 20.3. The maximum Gasteiger partial charge on any atom is 0.312 e. The molecule has 6 bridgehead atoms. The molecule has 2 aliphatic heterocycles. The summed E-state index contributed by atoms with van der Waals surface area (Å²) < 4.78 is 30.7. The average molecular weight is 586 g/mol. The summed E-state index contributed by atoms with van der Waals surface area (Å²) in [4.78, 5) is 29.8. The SMILES string of the molecule is CCC1(OC(=O)C2C3CC(C2OCCOCCN2CCOCC2)C2C3C(=O)OC2(C)C)CC2CC1C1C3CCC(C3)C21. The summed E-state index contributed by atoms with van der Waals surface area (Å²) in [7, 11) is 0. The fourth-order valence-electron chi connectivity index (χ4n) is 12.5. The Balaban J connectivity index is 0.958. The molecule has 8 fully saturated rings. The van der Waals surface area contributed by atoms with Crippen LogP contribution in [0.4, 0.5) is 0 Å². The van der Waals surface area contributed by atoms with Gasteiger partial charge < -0.3 is 23.7 Å². The highest BCUT2D eigenvalue weighted by Crippen LogP contribution is 2.71. The Kier molecular flexibility index (Phi) is 7.01. The number of carbonyl (C=O) groups is 2. The van der Waals surface area contributed by atoms with Crippen molar-refractivity contribution in [3.63, 3.8) is 0 Å². The molecule has 0 radical (unpaired) electrons. The molecule has 6 saturated carbocycles. The van der Waals surface area contributed by atoms with E-state index < -0.39 is 11.5 Å². The lowest BCUT2D eigenvalue weighted by molar-refractivity contribution is -0.188. The molecule has 0 aromatic heterocycles. The van der Waals surface area contributed by atoms with Gasteiger partial charge in [0, 0.05) is 31.5 Å². The second kappa shape index (κ2) is 10.4. The predicted molar refractivity (Wildman–Crippen MR) is 153 cm³/mol. The fraction of sp³-hybridized carbons (Fsp3) is 0.941. The van der Waals surface area contributed by atoms with Crippen LogP contribution < -0.4 is 0 Å². The molecule has 8 nitrogen and oxygen atoms in total.